The molecule has 0 saturated heterocycles. The molecule has 0 unspecified atom stereocenters. The van der Waals surface area contributed by atoms with Crippen molar-refractivity contribution in [2.75, 3.05) is 0 Å². The Morgan fingerprint density at radius 2 is 0.685 bits per heavy atom. The molecule has 10 rings (SSSR count). The van der Waals surface area contributed by atoms with Gasteiger partial charge in [-0.05, 0) is 114 Å². The third-order valence-corrected chi connectivity index (χ3v) is 10.3. The first-order valence-electron chi connectivity index (χ1n) is 18.0. The first kappa shape index (κ1) is 31.4. The van der Waals surface area contributed by atoms with Crippen LogP contribution in [0.15, 0.2) is 204 Å². The number of oxazole rings is 2. The fourth-order valence-electron chi connectivity index (χ4n) is 7.75. The molecule has 0 bridgehead atoms. The van der Waals surface area contributed by atoms with Crippen molar-refractivity contribution in [3.05, 3.63) is 195 Å². The highest BCUT2D eigenvalue weighted by molar-refractivity contribution is 6.22. The fraction of sp³-hybridized carbons (Fsp3) is 0. The van der Waals surface area contributed by atoms with Crippen molar-refractivity contribution >= 4 is 21.5 Å². The second kappa shape index (κ2) is 13.4. The predicted molar refractivity (Wildman–Crippen MR) is 220 cm³/mol. The third-order valence-electron chi connectivity index (χ3n) is 10.3. The molecule has 4 nitrogen and oxygen atoms in total. The van der Waals surface area contributed by atoms with Crippen LogP contribution in [0.2, 0.25) is 0 Å². The van der Waals surface area contributed by atoms with E-state index in [-0.39, 0.29) is 0 Å². The number of hydrogen-bond acceptors (Lipinski definition) is 4. The molecule has 0 aliphatic rings. The summed E-state index contributed by atoms with van der Waals surface area (Å²) in [5, 5.41) is 4.68. The van der Waals surface area contributed by atoms with Gasteiger partial charge >= 0.3 is 0 Å². The van der Waals surface area contributed by atoms with Crippen LogP contribution < -0.4 is 0 Å². The standard InChI is InChI=1S/C50H32N2O2/c1-3-11-33(12-4-1)40-25-41(34-13-5-2-6-14-34)27-42(26-40)35-21-22-45-46(28-35)50(39-18-10-16-37(24-39)48-30-54-32-52-48)44-20-8-7-19-43(44)49(45)38-17-9-15-36(23-38)47-29-53-31-51-47/h1-32H. The highest BCUT2D eigenvalue weighted by atomic mass is 16.3. The van der Waals surface area contributed by atoms with Crippen LogP contribution in [0.5, 0.6) is 0 Å². The number of rotatable bonds is 7. The van der Waals surface area contributed by atoms with Gasteiger partial charge in [0.05, 0.1) is 0 Å². The van der Waals surface area contributed by atoms with Gasteiger partial charge in [0.1, 0.15) is 23.9 Å². The Balaban J connectivity index is 1.27. The van der Waals surface area contributed by atoms with Crippen LogP contribution in [0.25, 0.3) is 99.7 Å². The van der Waals surface area contributed by atoms with Crippen molar-refractivity contribution in [3.8, 4) is 78.1 Å². The Kier molecular flexibility index (Phi) is 7.77. The molecule has 54 heavy (non-hydrogen) atoms. The van der Waals surface area contributed by atoms with Gasteiger partial charge in [-0.2, -0.15) is 0 Å². The van der Waals surface area contributed by atoms with Crippen LogP contribution in [0.1, 0.15) is 0 Å². The number of fused-ring (bicyclic) bond motifs is 2. The number of aromatic nitrogens is 2. The molecule has 0 aliphatic carbocycles. The van der Waals surface area contributed by atoms with Gasteiger partial charge < -0.3 is 8.83 Å². The summed E-state index contributed by atoms with van der Waals surface area (Å²) >= 11 is 0. The first-order chi connectivity index (χ1) is 26.8. The Hall–Kier alpha value is -7.30. The van der Waals surface area contributed by atoms with Gasteiger partial charge in [-0.3, -0.25) is 0 Å². The minimum Gasteiger partial charge on any atom is -0.451 e. The molecule has 0 saturated carbocycles. The zero-order chi connectivity index (χ0) is 35.8. The minimum atomic E-state index is 0.804. The first-order valence-corrected chi connectivity index (χ1v) is 18.0. The molecule has 4 heteroatoms. The lowest BCUT2D eigenvalue weighted by molar-refractivity contribution is 0.558. The quantitative estimate of drug-likeness (QED) is 0.156. The van der Waals surface area contributed by atoms with Crippen molar-refractivity contribution < 1.29 is 8.83 Å². The second-order valence-corrected chi connectivity index (χ2v) is 13.5. The van der Waals surface area contributed by atoms with Crippen LogP contribution in [0, 0.1) is 0 Å². The molecule has 0 amide bonds. The summed E-state index contributed by atoms with van der Waals surface area (Å²) in [6.07, 6.45) is 6.35. The molecule has 0 radical (unpaired) electrons. The molecule has 0 atom stereocenters. The Labute approximate surface area is 312 Å². The van der Waals surface area contributed by atoms with Gasteiger partial charge in [-0.1, -0.05) is 133 Å². The summed E-state index contributed by atoms with van der Waals surface area (Å²) in [4.78, 5) is 8.92. The summed E-state index contributed by atoms with van der Waals surface area (Å²) < 4.78 is 10.7. The smallest absolute Gasteiger partial charge is 0.181 e. The maximum Gasteiger partial charge on any atom is 0.181 e. The topological polar surface area (TPSA) is 52.1 Å². The summed E-state index contributed by atoms with van der Waals surface area (Å²) in [5.41, 5.74) is 15.2. The molecular weight excluding hydrogens is 661 g/mol. The van der Waals surface area contributed by atoms with Crippen molar-refractivity contribution in [3.63, 3.8) is 0 Å². The SMILES string of the molecule is c1ccc(-c2cc(-c3ccccc3)cc(-c3ccc4c(-c5cccc(-c6cocn6)c5)c5ccccc5c(-c5cccc(-c6cocn6)c5)c4c3)c2)cc1. The van der Waals surface area contributed by atoms with E-state index in [1.165, 1.54) is 62.3 Å². The van der Waals surface area contributed by atoms with Gasteiger partial charge in [0.15, 0.2) is 12.8 Å². The van der Waals surface area contributed by atoms with Crippen molar-refractivity contribution in [1.29, 1.82) is 0 Å². The second-order valence-electron chi connectivity index (χ2n) is 13.5. The van der Waals surface area contributed by atoms with Crippen LogP contribution in [-0.2, 0) is 0 Å². The van der Waals surface area contributed by atoms with Gasteiger partial charge in [0.2, 0.25) is 0 Å². The molecule has 0 fully saturated rings. The normalized spacial score (nSPS) is 11.3. The van der Waals surface area contributed by atoms with E-state index in [1.807, 2.05) is 0 Å². The predicted octanol–water partition coefficient (Wildman–Crippen LogP) is 13.6. The van der Waals surface area contributed by atoms with Gasteiger partial charge in [-0.25, -0.2) is 9.97 Å². The lowest BCUT2D eigenvalue weighted by Crippen LogP contribution is -1.93. The number of hydrogen-bond donors (Lipinski definition) is 0. The summed E-state index contributed by atoms with van der Waals surface area (Å²) in [5.74, 6) is 0. The van der Waals surface area contributed by atoms with Gasteiger partial charge in [-0.15, -0.1) is 0 Å². The number of benzene rings is 8. The number of nitrogens with zero attached hydrogens (tertiary/aromatic N) is 2. The van der Waals surface area contributed by atoms with E-state index >= 15 is 0 Å². The monoisotopic (exact) mass is 692 g/mol. The summed E-state index contributed by atoms with van der Waals surface area (Å²) in [6.45, 7) is 0. The molecule has 0 aliphatic heterocycles. The van der Waals surface area contributed by atoms with E-state index in [9.17, 15) is 0 Å². The average molecular weight is 693 g/mol. The fourth-order valence-corrected chi connectivity index (χ4v) is 7.75. The summed E-state index contributed by atoms with van der Waals surface area (Å²) in [6, 6.07) is 61.1. The highest BCUT2D eigenvalue weighted by Gasteiger charge is 2.19. The summed E-state index contributed by atoms with van der Waals surface area (Å²) in [7, 11) is 0. The maximum atomic E-state index is 5.38. The molecular formula is C50H32N2O2. The molecule has 10 aromatic rings. The van der Waals surface area contributed by atoms with E-state index in [2.05, 4.69) is 180 Å². The van der Waals surface area contributed by atoms with Crippen molar-refractivity contribution in [1.82, 2.24) is 9.97 Å². The molecule has 2 heterocycles. The van der Waals surface area contributed by atoms with Crippen LogP contribution in [0.3, 0.4) is 0 Å². The molecule has 0 spiro atoms. The maximum absolute atomic E-state index is 5.38. The van der Waals surface area contributed by atoms with Crippen molar-refractivity contribution in [2.45, 2.75) is 0 Å². The van der Waals surface area contributed by atoms with Gasteiger partial charge in [0.25, 0.3) is 0 Å². The van der Waals surface area contributed by atoms with Crippen LogP contribution in [0.4, 0.5) is 0 Å². The van der Waals surface area contributed by atoms with E-state index < -0.39 is 0 Å². The zero-order valence-electron chi connectivity index (χ0n) is 29.2. The molecule has 8 aromatic carbocycles. The van der Waals surface area contributed by atoms with E-state index in [1.54, 1.807) is 12.5 Å². The van der Waals surface area contributed by atoms with Gasteiger partial charge in [0, 0.05) is 11.1 Å². The third kappa shape index (κ3) is 5.67. The highest BCUT2D eigenvalue weighted by Crippen LogP contribution is 2.46. The van der Waals surface area contributed by atoms with Crippen LogP contribution >= 0.6 is 0 Å². The zero-order valence-corrected chi connectivity index (χ0v) is 29.2. The Morgan fingerprint density at radius 1 is 0.278 bits per heavy atom. The average Bonchev–Trinajstić information content (AvgIpc) is 4.00. The van der Waals surface area contributed by atoms with E-state index in [0.29, 0.717) is 0 Å². The minimum absolute atomic E-state index is 0.804. The van der Waals surface area contributed by atoms with Crippen LogP contribution in [-0.4, -0.2) is 9.97 Å². The Bertz CT molecular complexity index is 2860. The molecule has 254 valence electrons. The molecule has 2 aromatic heterocycles. The molecule has 0 N–H and O–H groups in total. The van der Waals surface area contributed by atoms with Crippen molar-refractivity contribution in [2.24, 2.45) is 0 Å². The lowest BCUT2D eigenvalue weighted by atomic mass is 9.84. The lowest BCUT2D eigenvalue weighted by Gasteiger charge is -2.19. The Morgan fingerprint density at radius 3 is 1.19 bits per heavy atom. The largest absolute Gasteiger partial charge is 0.451 e. The van der Waals surface area contributed by atoms with E-state index in [4.69, 9.17) is 8.83 Å². The van der Waals surface area contributed by atoms with E-state index in [0.717, 1.165) is 50.2 Å².